The molecule has 4 N–H and O–H groups in total. The van der Waals surface area contributed by atoms with Gasteiger partial charge < -0.3 is 39.5 Å². The third kappa shape index (κ3) is 17.3. The Morgan fingerprint density at radius 1 is 0.404 bits per heavy atom. The molecule has 17 nitrogen and oxygen atoms in total. The van der Waals surface area contributed by atoms with E-state index in [0.717, 1.165) is 79.4 Å². The van der Waals surface area contributed by atoms with Gasteiger partial charge in [0, 0.05) is 80.5 Å². The lowest BCUT2D eigenvalue weighted by atomic mass is 10.2. The molecule has 1 aliphatic heterocycles. The van der Waals surface area contributed by atoms with Crippen molar-refractivity contribution in [3.63, 3.8) is 0 Å². The number of halogens is 4. The Hall–Kier alpha value is -11.0. The molecule has 0 bridgehead atoms. The predicted molar refractivity (Wildman–Crippen MR) is 377 cm³/mol. The number of anilines is 3. The van der Waals surface area contributed by atoms with E-state index in [1.165, 1.54) is 0 Å². The minimum absolute atomic E-state index is 0.0569. The van der Waals surface area contributed by atoms with E-state index in [0.29, 0.717) is 50.4 Å². The molecular weight excluding hydrogens is 1260 g/mol. The second kappa shape index (κ2) is 31.4. The Balaban J connectivity index is 0.000000130. The predicted octanol–water partition coefficient (Wildman–Crippen LogP) is 16.0. The van der Waals surface area contributed by atoms with E-state index in [2.05, 4.69) is 41.2 Å². The molecule has 0 saturated heterocycles. The molecule has 4 amide bonds. The normalized spacial score (nSPS) is 11.3. The number of carbonyl (C=O) groups excluding carboxylic acids is 4. The Kier molecular flexibility index (Phi) is 21.6. The van der Waals surface area contributed by atoms with Crippen LogP contribution in [0.1, 0.15) is 17.8 Å². The molecule has 1 aliphatic rings. The highest BCUT2D eigenvalue weighted by molar-refractivity contribution is 6.31. The Morgan fingerprint density at radius 2 is 0.819 bits per heavy atom. The maximum absolute atomic E-state index is 12.6. The standard InChI is InChI=1S/C21H16ClN3O.C20H15ClN4O.C20H17ClN4O.C12H11ClN2O/c22-16-10-12-17(13-11-16)23-20(26)14-25-19-9-5-4-8-18(19)24-21(25)15-6-2-1-3-7-15;21-14-8-10-15(11-9-14)23-19(26)13-25-18-7-2-1-5-16(18)24-20(25)17-6-3-4-12-22-17;21-15-9-7-14(8-10-15)12-23-19(26)13-25-18-6-2-1-4-16(18)24-20(25)17-5-3-11-22-17;13-10-3-5-11(6-4-10)14-12(16)9-15-7-1-2-8-15/h1-13H,14H2,(H,23,26);1-12H,13H2,(H,23,26);1-2,4-11H,3,12-13H2,(H,23,26);1-8H,9H2,(H,14,16). The minimum Gasteiger partial charge on any atom is -0.350 e. The van der Waals surface area contributed by atoms with Gasteiger partial charge in [-0.15, -0.1) is 0 Å². The highest BCUT2D eigenvalue weighted by Crippen LogP contribution is 2.28. The lowest BCUT2D eigenvalue weighted by molar-refractivity contribution is -0.122. The van der Waals surface area contributed by atoms with Crippen LogP contribution >= 0.6 is 46.4 Å². The number of fused-ring (bicyclic) bond motifs is 3. The number of hydrogen-bond acceptors (Lipinski definition) is 9. The van der Waals surface area contributed by atoms with Crippen molar-refractivity contribution in [2.75, 3.05) is 16.0 Å². The van der Waals surface area contributed by atoms with Gasteiger partial charge in [-0.05, 0) is 157 Å². The van der Waals surface area contributed by atoms with Crippen molar-refractivity contribution in [2.24, 2.45) is 4.99 Å². The summed E-state index contributed by atoms with van der Waals surface area (Å²) in [6, 6.07) is 71.2. The number of hydrogen-bond donors (Lipinski definition) is 4. The summed E-state index contributed by atoms with van der Waals surface area (Å²) in [5.41, 5.74) is 11.0. The third-order valence-corrected chi connectivity index (χ3v) is 15.5. The van der Waals surface area contributed by atoms with E-state index in [4.69, 9.17) is 51.4 Å². The van der Waals surface area contributed by atoms with Gasteiger partial charge in [-0.1, -0.05) is 131 Å². The third-order valence-electron chi connectivity index (χ3n) is 14.5. The number of para-hydroxylation sites is 6. The van der Waals surface area contributed by atoms with Gasteiger partial charge in [0.15, 0.2) is 11.6 Å². The fourth-order valence-electron chi connectivity index (χ4n) is 10.0. The SMILES string of the molecule is O=C(Cn1c(-c2ccccc2)nc2ccccc21)Nc1ccc(Cl)cc1.O=C(Cn1c(-c2ccccn2)nc2ccccc21)Nc1ccc(Cl)cc1.O=C(Cn1c(C2=CCC=N2)nc2ccccc21)NCc1ccc(Cl)cc1.O=C(Cn1cccc1)Nc1ccc(Cl)cc1. The second-order valence-corrected chi connectivity index (χ2v) is 22.9. The topological polar surface area (TPSA) is 200 Å². The van der Waals surface area contributed by atoms with Crippen LogP contribution in [0.4, 0.5) is 17.1 Å². The van der Waals surface area contributed by atoms with E-state index in [1.807, 2.05) is 201 Å². The number of pyridine rings is 1. The van der Waals surface area contributed by atoms with Gasteiger partial charge in [-0.25, -0.2) is 15.0 Å². The number of aliphatic imine (C=N–C) groups is 1. The average molecular weight is 1320 g/mol. The maximum Gasteiger partial charge on any atom is 0.244 e. The van der Waals surface area contributed by atoms with E-state index in [9.17, 15) is 19.2 Å². The number of benzene rings is 8. The first-order valence-corrected chi connectivity index (χ1v) is 31.2. The molecule has 0 saturated carbocycles. The number of amides is 4. The van der Waals surface area contributed by atoms with Crippen molar-refractivity contribution in [1.29, 1.82) is 0 Å². The molecule has 13 aromatic rings. The van der Waals surface area contributed by atoms with Gasteiger partial charge in [0.2, 0.25) is 23.6 Å². The molecule has 0 spiro atoms. The highest BCUT2D eigenvalue weighted by Gasteiger charge is 2.20. The highest BCUT2D eigenvalue weighted by atomic mass is 35.5. The lowest BCUT2D eigenvalue weighted by Crippen LogP contribution is -2.27. The van der Waals surface area contributed by atoms with Crippen LogP contribution < -0.4 is 21.3 Å². The number of carbonyl (C=O) groups is 4. The van der Waals surface area contributed by atoms with Crippen LogP contribution in [0.3, 0.4) is 0 Å². The van der Waals surface area contributed by atoms with Crippen LogP contribution in [0.2, 0.25) is 20.1 Å². The summed E-state index contributed by atoms with van der Waals surface area (Å²) in [7, 11) is 0. The zero-order valence-corrected chi connectivity index (χ0v) is 53.3. The lowest BCUT2D eigenvalue weighted by Gasteiger charge is -2.10. The van der Waals surface area contributed by atoms with Crippen molar-refractivity contribution in [3.05, 3.63) is 287 Å². The summed E-state index contributed by atoms with van der Waals surface area (Å²) >= 11 is 23.4. The average Bonchev–Trinajstić information content (AvgIpc) is 1.67. The van der Waals surface area contributed by atoms with Crippen LogP contribution in [0.25, 0.3) is 61.7 Å². The Morgan fingerprint density at radius 3 is 1.30 bits per heavy atom. The van der Waals surface area contributed by atoms with Crippen molar-refractivity contribution >= 4 is 132 Å². The molecule has 0 atom stereocenters. The summed E-state index contributed by atoms with van der Waals surface area (Å²) in [5, 5.41) is 14.1. The second-order valence-electron chi connectivity index (χ2n) is 21.2. The van der Waals surface area contributed by atoms with Gasteiger partial charge in [0.1, 0.15) is 43.4 Å². The van der Waals surface area contributed by atoms with Crippen LogP contribution in [-0.2, 0) is 51.9 Å². The monoisotopic (exact) mass is 1320 g/mol. The van der Waals surface area contributed by atoms with Crippen molar-refractivity contribution < 1.29 is 19.2 Å². The first-order valence-electron chi connectivity index (χ1n) is 29.7. The van der Waals surface area contributed by atoms with Crippen LogP contribution in [-0.4, -0.2) is 68.0 Å². The molecule has 6 heterocycles. The van der Waals surface area contributed by atoms with Gasteiger partial charge in [-0.3, -0.25) is 29.2 Å². The molecule has 0 fully saturated rings. The van der Waals surface area contributed by atoms with Crippen LogP contribution in [0.5, 0.6) is 0 Å². The fourth-order valence-corrected chi connectivity index (χ4v) is 10.6. The summed E-state index contributed by atoms with van der Waals surface area (Å²) < 4.78 is 7.55. The fraction of sp³-hybridized carbons (Fsp3) is 0.0822. The minimum atomic E-state index is -0.146. The van der Waals surface area contributed by atoms with E-state index in [1.54, 1.807) is 79.0 Å². The molecule has 5 aromatic heterocycles. The molecule has 468 valence electrons. The summed E-state index contributed by atoms with van der Waals surface area (Å²) in [4.78, 5) is 72.1. The van der Waals surface area contributed by atoms with Crippen molar-refractivity contribution in [2.45, 2.75) is 39.1 Å². The zero-order chi connectivity index (χ0) is 65.2. The van der Waals surface area contributed by atoms with Gasteiger partial charge >= 0.3 is 0 Å². The largest absolute Gasteiger partial charge is 0.350 e. The molecule has 0 aliphatic carbocycles. The first-order chi connectivity index (χ1) is 45.8. The van der Waals surface area contributed by atoms with Crippen molar-refractivity contribution in [3.8, 4) is 22.9 Å². The number of imidazole rings is 3. The van der Waals surface area contributed by atoms with E-state index >= 15 is 0 Å². The quantitative estimate of drug-likeness (QED) is 0.0732. The summed E-state index contributed by atoms with van der Waals surface area (Å²) in [5.74, 6) is 1.77. The van der Waals surface area contributed by atoms with Crippen LogP contribution in [0.15, 0.2) is 260 Å². The molecule has 0 unspecified atom stereocenters. The molecule has 8 aromatic carbocycles. The van der Waals surface area contributed by atoms with Gasteiger partial charge in [0.25, 0.3) is 0 Å². The van der Waals surface area contributed by atoms with Gasteiger partial charge in [-0.2, -0.15) is 0 Å². The molecule has 21 heteroatoms. The first kappa shape index (κ1) is 64.6. The number of nitrogens with one attached hydrogen (secondary N) is 4. The Labute approximate surface area is 561 Å². The molecule has 0 radical (unpaired) electrons. The molecular formula is C73H59Cl4N13O4. The van der Waals surface area contributed by atoms with E-state index in [-0.39, 0.29) is 43.3 Å². The van der Waals surface area contributed by atoms with Crippen LogP contribution in [0, 0.1) is 0 Å². The number of rotatable bonds is 16. The number of allylic oxidation sites excluding steroid dienone is 1. The smallest absolute Gasteiger partial charge is 0.244 e. The molecule has 14 rings (SSSR count). The Bertz CT molecular complexity index is 4610. The molecule has 94 heavy (non-hydrogen) atoms. The summed E-state index contributed by atoms with van der Waals surface area (Å²) in [6.07, 6.45) is 10.1. The van der Waals surface area contributed by atoms with E-state index < -0.39 is 0 Å². The van der Waals surface area contributed by atoms with Gasteiger partial charge in [0.05, 0.1) is 33.1 Å². The maximum atomic E-state index is 12.6. The number of aromatic nitrogens is 8. The number of nitrogens with zero attached hydrogens (tertiary/aromatic N) is 9. The zero-order valence-electron chi connectivity index (χ0n) is 50.2. The van der Waals surface area contributed by atoms with Crippen molar-refractivity contribution in [1.82, 2.24) is 43.5 Å². The summed E-state index contributed by atoms with van der Waals surface area (Å²) in [6.45, 7) is 1.27.